The van der Waals surface area contributed by atoms with Crippen LogP contribution < -0.4 is 20.0 Å². The van der Waals surface area contributed by atoms with E-state index in [1.807, 2.05) is 31.4 Å². The van der Waals surface area contributed by atoms with Gasteiger partial charge in [0.2, 0.25) is 0 Å². The monoisotopic (exact) mass is 305 g/mol. The van der Waals surface area contributed by atoms with Gasteiger partial charge >= 0.3 is 0 Å². The van der Waals surface area contributed by atoms with Gasteiger partial charge in [-0.3, -0.25) is 4.90 Å². The minimum absolute atomic E-state index is 0.896. The van der Waals surface area contributed by atoms with Gasteiger partial charge in [0, 0.05) is 20.1 Å². The van der Waals surface area contributed by atoms with Crippen molar-refractivity contribution in [2.45, 2.75) is 0 Å². The van der Waals surface area contributed by atoms with Crippen LogP contribution in [0.4, 0.5) is 22.9 Å². The minimum Gasteiger partial charge on any atom is -0.370 e. The lowest BCUT2D eigenvalue weighted by atomic mass is 10.2. The van der Waals surface area contributed by atoms with E-state index in [9.17, 15) is 0 Å². The van der Waals surface area contributed by atoms with Crippen molar-refractivity contribution in [3.63, 3.8) is 0 Å². The zero-order valence-corrected chi connectivity index (χ0v) is 13.2. The summed E-state index contributed by atoms with van der Waals surface area (Å²) in [6.45, 7) is 10.0. The van der Waals surface area contributed by atoms with Gasteiger partial charge in [-0.25, -0.2) is 4.98 Å². The molecule has 1 saturated heterocycles. The maximum Gasteiger partial charge on any atom is 0.134 e. The number of anilines is 4. The molecule has 0 spiro atoms. The normalized spacial score (nSPS) is 16.8. The van der Waals surface area contributed by atoms with Crippen molar-refractivity contribution in [2.24, 2.45) is 0 Å². The number of para-hydroxylation sites is 2. The van der Waals surface area contributed by atoms with E-state index in [4.69, 9.17) is 0 Å². The first-order chi connectivity index (χ1) is 11.2. The Morgan fingerprint density at radius 1 is 1.09 bits per heavy atom. The van der Waals surface area contributed by atoms with E-state index >= 15 is 0 Å². The third kappa shape index (κ3) is 2.04. The molecular formula is C18H19N5. The second kappa shape index (κ2) is 5.05. The van der Waals surface area contributed by atoms with E-state index in [1.165, 1.54) is 0 Å². The first-order valence-electron chi connectivity index (χ1n) is 7.65. The number of nitrogens with one attached hydrogen (secondary N) is 1. The molecule has 116 valence electrons. The van der Waals surface area contributed by atoms with Crippen LogP contribution in [0.1, 0.15) is 0 Å². The molecule has 0 unspecified atom stereocenters. The summed E-state index contributed by atoms with van der Waals surface area (Å²) in [4.78, 5) is 10.9. The van der Waals surface area contributed by atoms with Gasteiger partial charge in [0.05, 0.1) is 29.1 Å². The predicted octanol–water partition coefficient (Wildman–Crippen LogP) is 3.02. The van der Waals surface area contributed by atoms with Crippen LogP contribution in [0.15, 0.2) is 67.4 Å². The summed E-state index contributed by atoms with van der Waals surface area (Å²) in [5.74, 6) is 2.74. The maximum absolute atomic E-state index is 4.61. The SMILES string of the molecule is C=C1NCCN1c1ccc(N2C(=C)N(C)c3ccccc32)cn1. The number of pyridine rings is 1. The second-order valence-electron chi connectivity index (χ2n) is 5.70. The van der Waals surface area contributed by atoms with Gasteiger partial charge in [-0.05, 0) is 24.3 Å². The van der Waals surface area contributed by atoms with Crippen LogP contribution >= 0.6 is 0 Å². The molecule has 0 radical (unpaired) electrons. The third-order valence-corrected chi connectivity index (χ3v) is 4.39. The molecule has 5 heteroatoms. The largest absolute Gasteiger partial charge is 0.370 e. The number of fused-ring (bicyclic) bond motifs is 1. The molecule has 2 aliphatic rings. The van der Waals surface area contributed by atoms with E-state index in [-0.39, 0.29) is 0 Å². The van der Waals surface area contributed by atoms with E-state index in [0.717, 1.165) is 47.6 Å². The number of aromatic nitrogens is 1. The zero-order valence-electron chi connectivity index (χ0n) is 13.2. The lowest BCUT2D eigenvalue weighted by Crippen LogP contribution is -2.21. The van der Waals surface area contributed by atoms with Crippen LogP contribution in [0.25, 0.3) is 0 Å². The average Bonchev–Trinajstić information content (AvgIpc) is 3.11. The fourth-order valence-electron chi connectivity index (χ4n) is 3.12. The number of benzene rings is 1. The van der Waals surface area contributed by atoms with Crippen molar-refractivity contribution >= 4 is 22.9 Å². The Morgan fingerprint density at radius 2 is 1.87 bits per heavy atom. The topological polar surface area (TPSA) is 34.6 Å². The molecule has 1 fully saturated rings. The molecule has 2 aromatic rings. The highest BCUT2D eigenvalue weighted by Crippen LogP contribution is 2.44. The van der Waals surface area contributed by atoms with Gasteiger partial charge in [0.25, 0.3) is 0 Å². The second-order valence-corrected chi connectivity index (χ2v) is 5.70. The van der Waals surface area contributed by atoms with Crippen LogP contribution in [0.2, 0.25) is 0 Å². The molecule has 1 aromatic carbocycles. The summed E-state index contributed by atoms with van der Waals surface area (Å²) in [5, 5.41) is 3.22. The minimum atomic E-state index is 0.896. The van der Waals surface area contributed by atoms with E-state index in [0.29, 0.717) is 0 Å². The van der Waals surface area contributed by atoms with Crippen LogP contribution in [-0.4, -0.2) is 25.1 Å². The lowest BCUT2D eigenvalue weighted by molar-refractivity contribution is 0.949. The summed E-state index contributed by atoms with van der Waals surface area (Å²) in [6, 6.07) is 12.4. The van der Waals surface area contributed by atoms with Crippen molar-refractivity contribution in [3.8, 4) is 0 Å². The molecule has 0 saturated carbocycles. The van der Waals surface area contributed by atoms with Gasteiger partial charge in [0.1, 0.15) is 11.6 Å². The Bertz CT molecular complexity index is 780. The molecule has 3 heterocycles. The first-order valence-corrected chi connectivity index (χ1v) is 7.65. The average molecular weight is 305 g/mol. The van der Waals surface area contributed by atoms with Crippen molar-refractivity contribution in [3.05, 3.63) is 67.4 Å². The molecule has 1 aromatic heterocycles. The number of hydrogen-bond acceptors (Lipinski definition) is 5. The van der Waals surface area contributed by atoms with Gasteiger partial charge < -0.3 is 15.1 Å². The molecule has 0 amide bonds. The van der Waals surface area contributed by atoms with Gasteiger partial charge in [-0.15, -0.1) is 0 Å². The highest BCUT2D eigenvalue weighted by Gasteiger charge is 2.28. The summed E-state index contributed by atoms with van der Waals surface area (Å²) in [5.41, 5.74) is 3.29. The fraction of sp³-hybridized carbons (Fsp3) is 0.167. The molecule has 0 bridgehead atoms. The predicted molar refractivity (Wildman–Crippen MR) is 94.8 cm³/mol. The van der Waals surface area contributed by atoms with E-state index in [2.05, 4.69) is 56.4 Å². The zero-order chi connectivity index (χ0) is 16.0. The van der Waals surface area contributed by atoms with Crippen molar-refractivity contribution < 1.29 is 0 Å². The van der Waals surface area contributed by atoms with E-state index in [1.54, 1.807) is 0 Å². The Hall–Kier alpha value is -2.95. The lowest BCUT2D eigenvalue weighted by Gasteiger charge is -2.23. The smallest absolute Gasteiger partial charge is 0.134 e. The molecule has 1 N–H and O–H groups in total. The third-order valence-electron chi connectivity index (χ3n) is 4.39. The van der Waals surface area contributed by atoms with Crippen molar-refractivity contribution in [1.82, 2.24) is 10.3 Å². The van der Waals surface area contributed by atoms with Gasteiger partial charge in [0.15, 0.2) is 0 Å². The number of nitrogens with zero attached hydrogens (tertiary/aromatic N) is 4. The summed E-state index contributed by atoms with van der Waals surface area (Å²) in [7, 11) is 2.03. The van der Waals surface area contributed by atoms with Crippen molar-refractivity contribution in [2.75, 3.05) is 34.8 Å². The Balaban J connectivity index is 1.69. The standard InChI is InChI=1S/C18H19N5/c1-13-19-10-11-22(13)18-9-8-15(12-20-18)23-14(2)21(3)16-6-4-5-7-17(16)23/h4-9,12,19H,1-2,10-11H2,3H3. The number of hydrogen-bond donors (Lipinski definition) is 1. The highest BCUT2D eigenvalue weighted by atomic mass is 15.4. The molecule has 0 aliphatic carbocycles. The molecule has 5 nitrogen and oxygen atoms in total. The maximum atomic E-state index is 4.61. The van der Waals surface area contributed by atoms with Gasteiger partial charge in [-0.1, -0.05) is 25.3 Å². The van der Waals surface area contributed by atoms with Crippen LogP contribution in [0.5, 0.6) is 0 Å². The molecule has 2 aliphatic heterocycles. The Labute approximate surface area is 136 Å². The Kier molecular flexibility index (Phi) is 3.01. The summed E-state index contributed by atoms with van der Waals surface area (Å²) in [6.07, 6.45) is 1.89. The Morgan fingerprint density at radius 3 is 2.52 bits per heavy atom. The summed E-state index contributed by atoms with van der Waals surface area (Å²) >= 11 is 0. The van der Waals surface area contributed by atoms with Crippen LogP contribution in [-0.2, 0) is 0 Å². The first kappa shape index (κ1) is 13.7. The molecule has 0 atom stereocenters. The van der Waals surface area contributed by atoms with Crippen LogP contribution in [0.3, 0.4) is 0 Å². The fourth-order valence-corrected chi connectivity index (χ4v) is 3.12. The molecule has 4 rings (SSSR count). The number of rotatable bonds is 2. The van der Waals surface area contributed by atoms with E-state index < -0.39 is 0 Å². The highest BCUT2D eigenvalue weighted by molar-refractivity contribution is 5.87. The van der Waals surface area contributed by atoms with Gasteiger partial charge in [-0.2, -0.15) is 0 Å². The quantitative estimate of drug-likeness (QED) is 0.922. The summed E-state index contributed by atoms with van der Waals surface area (Å²) < 4.78 is 0. The molecular weight excluding hydrogens is 286 g/mol. The molecule has 23 heavy (non-hydrogen) atoms. The van der Waals surface area contributed by atoms with Crippen LogP contribution in [0, 0.1) is 0 Å². The van der Waals surface area contributed by atoms with Crippen molar-refractivity contribution in [1.29, 1.82) is 0 Å².